The summed E-state index contributed by atoms with van der Waals surface area (Å²) >= 11 is 1.78. The van der Waals surface area contributed by atoms with E-state index in [-0.39, 0.29) is 0 Å². The van der Waals surface area contributed by atoms with Crippen molar-refractivity contribution in [3.05, 3.63) is 53.6 Å². The van der Waals surface area contributed by atoms with Crippen molar-refractivity contribution in [2.24, 2.45) is 0 Å². The zero-order valence-corrected chi connectivity index (χ0v) is 10.7. The third-order valence-corrected chi connectivity index (χ3v) is 4.40. The Morgan fingerprint density at radius 3 is 3.06 bits per heavy atom. The van der Waals surface area contributed by atoms with Crippen LogP contribution in [0.25, 0.3) is 21.6 Å². The van der Waals surface area contributed by atoms with E-state index < -0.39 is 0 Å². The van der Waals surface area contributed by atoms with Gasteiger partial charge in [0.05, 0.1) is 15.9 Å². The maximum Gasteiger partial charge on any atom is 0.195 e. The minimum absolute atomic E-state index is 1.08. The van der Waals surface area contributed by atoms with Crippen LogP contribution in [0.4, 0.5) is 0 Å². The Balaban J connectivity index is 1.94. The summed E-state index contributed by atoms with van der Waals surface area (Å²) in [6.45, 7) is 0. The summed E-state index contributed by atoms with van der Waals surface area (Å²) in [7, 11) is 0. The highest BCUT2D eigenvalue weighted by Gasteiger charge is 2.11. The number of nitrogens with zero attached hydrogens (tertiary/aromatic N) is 2. The normalized spacial score (nSPS) is 15.4. The first-order chi connectivity index (χ1) is 8.92. The molecular weight excluding hydrogens is 240 g/mol. The van der Waals surface area contributed by atoms with Gasteiger partial charge in [-0.3, -0.25) is 4.40 Å². The van der Waals surface area contributed by atoms with Crippen LogP contribution in [0, 0.1) is 0 Å². The molecule has 0 spiro atoms. The minimum Gasteiger partial charge on any atom is -0.290 e. The molecule has 88 valence electrons. The second kappa shape index (κ2) is 3.82. The average Bonchev–Trinajstić information content (AvgIpc) is 2.97. The molecule has 2 aromatic heterocycles. The van der Waals surface area contributed by atoms with Gasteiger partial charge in [0.15, 0.2) is 4.96 Å². The summed E-state index contributed by atoms with van der Waals surface area (Å²) < 4.78 is 2.20. The number of aromatic nitrogens is 2. The van der Waals surface area contributed by atoms with E-state index in [1.165, 1.54) is 16.0 Å². The molecule has 0 saturated carbocycles. The largest absolute Gasteiger partial charge is 0.290 e. The Kier molecular flexibility index (Phi) is 2.14. The van der Waals surface area contributed by atoms with Crippen molar-refractivity contribution in [2.75, 3.05) is 0 Å². The predicted molar refractivity (Wildman–Crippen MR) is 76.9 cm³/mol. The molecule has 0 radical (unpaired) electrons. The van der Waals surface area contributed by atoms with Crippen LogP contribution in [-0.4, -0.2) is 9.38 Å². The van der Waals surface area contributed by atoms with E-state index in [9.17, 15) is 0 Å². The number of fused-ring (bicyclic) bond motifs is 3. The van der Waals surface area contributed by atoms with Gasteiger partial charge in [0.1, 0.15) is 0 Å². The first-order valence-electron chi connectivity index (χ1n) is 6.14. The molecule has 2 heterocycles. The molecule has 0 aliphatic heterocycles. The van der Waals surface area contributed by atoms with Crippen molar-refractivity contribution in [2.45, 2.75) is 12.8 Å². The Hall–Kier alpha value is -1.87. The fourth-order valence-corrected chi connectivity index (χ4v) is 3.47. The Morgan fingerprint density at radius 2 is 2.17 bits per heavy atom. The Bertz CT molecular complexity index is 789. The first kappa shape index (κ1) is 10.1. The molecule has 0 N–H and O–H groups in total. The van der Waals surface area contributed by atoms with E-state index >= 15 is 0 Å². The van der Waals surface area contributed by atoms with Crippen molar-refractivity contribution in [3.63, 3.8) is 0 Å². The zero-order valence-electron chi connectivity index (χ0n) is 9.84. The minimum atomic E-state index is 1.08. The molecule has 4 rings (SSSR count). The van der Waals surface area contributed by atoms with Crippen molar-refractivity contribution >= 4 is 32.9 Å². The van der Waals surface area contributed by atoms with Gasteiger partial charge in [0, 0.05) is 6.20 Å². The van der Waals surface area contributed by atoms with E-state index in [0.717, 1.165) is 23.3 Å². The number of benzene rings is 1. The Morgan fingerprint density at radius 1 is 1.22 bits per heavy atom. The average molecular weight is 252 g/mol. The summed E-state index contributed by atoms with van der Waals surface area (Å²) in [5.41, 5.74) is 3.70. The van der Waals surface area contributed by atoms with Crippen molar-refractivity contribution in [1.82, 2.24) is 9.38 Å². The van der Waals surface area contributed by atoms with Crippen molar-refractivity contribution in [3.8, 4) is 0 Å². The van der Waals surface area contributed by atoms with E-state index in [0.29, 0.717) is 0 Å². The summed E-state index contributed by atoms with van der Waals surface area (Å²) in [5, 5.41) is 0. The summed E-state index contributed by atoms with van der Waals surface area (Å²) in [6.07, 6.45) is 11.1. The molecule has 0 unspecified atom stereocenters. The van der Waals surface area contributed by atoms with Crippen LogP contribution in [0.3, 0.4) is 0 Å². The number of para-hydroxylation sites is 2. The molecule has 3 heteroatoms. The van der Waals surface area contributed by atoms with E-state index in [4.69, 9.17) is 0 Å². The first-order valence-corrected chi connectivity index (χ1v) is 6.96. The smallest absolute Gasteiger partial charge is 0.195 e. The molecule has 0 saturated heterocycles. The standard InChI is InChI=1S/C15H12N2S/c1-2-6-11(7-3-1)14-10-17-13-9-5-4-8-12(13)16-15(17)18-14/h1-2,4-6,8-10H,3,7H2. The molecule has 3 aromatic rings. The maximum absolute atomic E-state index is 4.67. The van der Waals surface area contributed by atoms with Gasteiger partial charge in [-0.05, 0) is 30.5 Å². The lowest BCUT2D eigenvalue weighted by molar-refractivity contribution is 1.06. The van der Waals surface area contributed by atoms with Gasteiger partial charge in [-0.15, -0.1) is 0 Å². The van der Waals surface area contributed by atoms with Crippen LogP contribution in [0.1, 0.15) is 17.7 Å². The third-order valence-electron chi connectivity index (χ3n) is 3.34. The fraction of sp³-hybridized carbons (Fsp3) is 0.133. The van der Waals surface area contributed by atoms with Gasteiger partial charge in [-0.2, -0.15) is 0 Å². The number of rotatable bonds is 1. The Labute approximate surface area is 109 Å². The highest BCUT2D eigenvalue weighted by Crippen LogP contribution is 2.31. The number of thiazole rings is 1. The van der Waals surface area contributed by atoms with Crippen LogP contribution < -0.4 is 0 Å². The van der Waals surface area contributed by atoms with E-state index in [1.54, 1.807) is 11.3 Å². The molecule has 0 fully saturated rings. The molecular formula is C15H12N2S. The van der Waals surface area contributed by atoms with Gasteiger partial charge in [0.2, 0.25) is 0 Å². The quantitative estimate of drug-likeness (QED) is 0.631. The van der Waals surface area contributed by atoms with Crippen LogP contribution in [0.2, 0.25) is 0 Å². The lowest BCUT2D eigenvalue weighted by atomic mass is 10.0. The molecule has 1 aromatic carbocycles. The number of hydrogen-bond donors (Lipinski definition) is 0. The summed E-state index contributed by atoms with van der Waals surface area (Å²) in [6, 6.07) is 8.30. The third kappa shape index (κ3) is 1.44. The summed E-state index contributed by atoms with van der Waals surface area (Å²) in [4.78, 5) is 7.09. The molecule has 0 amide bonds. The van der Waals surface area contributed by atoms with Crippen LogP contribution in [-0.2, 0) is 0 Å². The SMILES string of the molecule is C1=CCCC(c2cn3c(nc4ccccc43)s2)=C1. The maximum atomic E-state index is 4.67. The van der Waals surface area contributed by atoms with E-state index in [2.05, 4.69) is 52.0 Å². The molecule has 2 nitrogen and oxygen atoms in total. The predicted octanol–water partition coefficient (Wildman–Crippen LogP) is 4.28. The van der Waals surface area contributed by atoms with Gasteiger partial charge >= 0.3 is 0 Å². The molecule has 1 aliphatic carbocycles. The zero-order chi connectivity index (χ0) is 11.9. The van der Waals surface area contributed by atoms with Gasteiger partial charge < -0.3 is 0 Å². The van der Waals surface area contributed by atoms with E-state index in [1.807, 2.05) is 6.07 Å². The molecule has 1 aliphatic rings. The topological polar surface area (TPSA) is 17.3 Å². The van der Waals surface area contributed by atoms with Crippen LogP contribution in [0.15, 0.2) is 48.7 Å². The van der Waals surface area contributed by atoms with Gasteiger partial charge in [0.25, 0.3) is 0 Å². The number of hydrogen-bond acceptors (Lipinski definition) is 2. The fourth-order valence-electron chi connectivity index (χ4n) is 2.42. The van der Waals surface area contributed by atoms with Gasteiger partial charge in [-0.1, -0.05) is 41.7 Å². The molecule has 0 bridgehead atoms. The van der Waals surface area contributed by atoms with Crippen LogP contribution >= 0.6 is 11.3 Å². The van der Waals surface area contributed by atoms with Crippen molar-refractivity contribution in [1.29, 1.82) is 0 Å². The highest BCUT2D eigenvalue weighted by atomic mass is 32.1. The molecule has 18 heavy (non-hydrogen) atoms. The number of imidazole rings is 1. The summed E-state index contributed by atoms with van der Waals surface area (Å²) in [5.74, 6) is 0. The number of allylic oxidation sites excluding steroid dienone is 4. The second-order valence-electron chi connectivity index (χ2n) is 4.51. The lowest BCUT2D eigenvalue weighted by Gasteiger charge is -2.04. The van der Waals surface area contributed by atoms with Crippen molar-refractivity contribution < 1.29 is 0 Å². The van der Waals surface area contributed by atoms with Crippen LogP contribution in [0.5, 0.6) is 0 Å². The highest BCUT2D eigenvalue weighted by molar-refractivity contribution is 7.18. The second-order valence-corrected chi connectivity index (χ2v) is 5.52. The van der Waals surface area contributed by atoms with Gasteiger partial charge in [-0.25, -0.2) is 4.98 Å². The lowest BCUT2D eigenvalue weighted by Crippen LogP contribution is -1.84. The molecule has 0 atom stereocenters. The monoisotopic (exact) mass is 252 g/mol.